The molecule has 0 amide bonds. The van der Waals surface area contributed by atoms with Gasteiger partial charge in [0, 0.05) is 18.9 Å². The second-order valence-corrected chi connectivity index (χ2v) is 7.53. The van der Waals surface area contributed by atoms with Crippen LogP contribution in [0.3, 0.4) is 0 Å². The van der Waals surface area contributed by atoms with Crippen molar-refractivity contribution in [1.29, 1.82) is 0 Å². The lowest BCUT2D eigenvalue weighted by atomic mass is 9.99. The van der Waals surface area contributed by atoms with Crippen molar-refractivity contribution in [1.82, 2.24) is 0 Å². The molecule has 0 aromatic heterocycles. The maximum atomic E-state index is 12.8. The number of rotatable bonds is 11. The fourth-order valence-corrected chi connectivity index (χ4v) is 3.14. The Hall–Kier alpha value is -3.25. The fourth-order valence-electron chi connectivity index (χ4n) is 2.92. The molecule has 0 aliphatic heterocycles. The van der Waals surface area contributed by atoms with E-state index in [9.17, 15) is 15.0 Å². The molecule has 0 aliphatic carbocycles. The van der Waals surface area contributed by atoms with Gasteiger partial charge in [-0.05, 0) is 30.5 Å². The van der Waals surface area contributed by atoms with Crippen molar-refractivity contribution in [3.05, 3.63) is 82.9 Å². The van der Waals surface area contributed by atoms with Gasteiger partial charge in [-0.1, -0.05) is 66.2 Å². The third-order valence-corrected chi connectivity index (χ3v) is 4.91. The lowest BCUT2D eigenvalue weighted by Crippen LogP contribution is -2.17. The minimum absolute atomic E-state index is 0.0341. The minimum atomic E-state index is -0.752. The minimum Gasteiger partial charge on any atom is -0.507 e. The summed E-state index contributed by atoms with van der Waals surface area (Å²) in [6, 6.07) is 10.6. The van der Waals surface area contributed by atoms with E-state index in [1.54, 1.807) is 19.1 Å². The third kappa shape index (κ3) is 7.17. The van der Waals surface area contributed by atoms with Crippen molar-refractivity contribution >= 4 is 23.3 Å². The number of hydrogen-bond acceptors (Lipinski definition) is 6. The van der Waals surface area contributed by atoms with E-state index in [4.69, 9.17) is 21.2 Å². The highest BCUT2D eigenvalue weighted by Gasteiger charge is 2.25. The van der Waals surface area contributed by atoms with Gasteiger partial charge in [0.25, 0.3) is 0 Å². The van der Waals surface area contributed by atoms with Crippen LogP contribution >= 0.6 is 11.6 Å². The van der Waals surface area contributed by atoms with Crippen LogP contribution in [-0.2, 0) is 22.6 Å². The number of phenolic OH excluding ortho intramolecular Hbond substituents is 2. The van der Waals surface area contributed by atoms with Crippen LogP contribution in [-0.4, -0.2) is 28.0 Å². The van der Waals surface area contributed by atoms with Gasteiger partial charge in [-0.15, -0.1) is 6.58 Å². The summed E-state index contributed by atoms with van der Waals surface area (Å²) in [5, 5.41) is 24.6. The van der Waals surface area contributed by atoms with E-state index in [1.165, 1.54) is 0 Å². The Balaban J connectivity index is 2.36. The van der Waals surface area contributed by atoms with Crippen LogP contribution in [0.25, 0.3) is 0 Å². The summed E-state index contributed by atoms with van der Waals surface area (Å²) in [5.74, 6) is -1.53. The predicted molar refractivity (Wildman–Crippen MR) is 126 cm³/mol. The maximum Gasteiger partial charge on any atom is 0.342 e. The highest BCUT2D eigenvalue weighted by molar-refractivity contribution is 6.33. The molecule has 0 bridgehead atoms. The van der Waals surface area contributed by atoms with E-state index in [0.717, 1.165) is 18.1 Å². The molecular weight excluding hydrogens is 430 g/mol. The summed E-state index contributed by atoms with van der Waals surface area (Å²) in [5.41, 5.74) is 1.48. The van der Waals surface area contributed by atoms with E-state index >= 15 is 0 Å². The predicted octanol–water partition coefficient (Wildman–Crippen LogP) is 5.95. The normalized spacial score (nSPS) is 12.5. The standard InChI is InChI=1S/C25H28ClNO5/c1-4-6-13-19(27-31-16-18-11-8-7-9-12-18)14-20-23(21(28)15-22(29)24(20)26)25(30)32-17(3)10-5-2/h5-9,11-13,15,17,28-29H,2,4,10,14,16H2,1,3H3/b13-6+,27-19-/t17-/m1/s1. The number of halogens is 1. The molecule has 7 heteroatoms. The summed E-state index contributed by atoms with van der Waals surface area (Å²) < 4.78 is 5.40. The van der Waals surface area contributed by atoms with Gasteiger partial charge in [0.15, 0.2) is 0 Å². The Morgan fingerprint density at radius 1 is 1.25 bits per heavy atom. The molecule has 0 radical (unpaired) electrons. The van der Waals surface area contributed by atoms with E-state index in [0.29, 0.717) is 12.1 Å². The first-order valence-electron chi connectivity index (χ1n) is 10.3. The van der Waals surface area contributed by atoms with Crippen molar-refractivity contribution < 1.29 is 24.6 Å². The number of nitrogens with zero attached hydrogens (tertiary/aromatic N) is 1. The zero-order valence-corrected chi connectivity index (χ0v) is 19.0. The van der Waals surface area contributed by atoms with E-state index in [-0.39, 0.29) is 34.9 Å². The Morgan fingerprint density at radius 2 is 1.97 bits per heavy atom. The summed E-state index contributed by atoms with van der Waals surface area (Å²) in [7, 11) is 0. The fraction of sp³-hybridized carbons (Fsp3) is 0.280. The molecule has 2 aromatic carbocycles. The quantitative estimate of drug-likeness (QED) is 0.188. The van der Waals surface area contributed by atoms with Crippen molar-refractivity contribution in [2.45, 2.75) is 45.8 Å². The van der Waals surface area contributed by atoms with Gasteiger partial charge in [0.2, 0.25) is 0 Å². The molecule has 2 rings (SSSR count). The number of carbonyl (C=O) groups excluding carboxylic acids is 1. The first kappa shape index (κ1) is 25.0. The second-order valence-electron chi connectivity index (χ2n) is 7.15. The molecule has 32 heavy (non-hydrogen) atoms. The monoisotopic (exact) mass is 457 g/mol. The summed E-state index contributed by atoms with van der Waals surface area (Å²) in [4.78, 5) is 18.3. The average Bonchev–Trinajstić information content (AvgIpc) is 2.76. The number of allylic oxidation sites excluding steroid dienone is 2. The topological polar surface area (TPSA) is 88.4 Å². The van der Waals surface area contributed by atoms with Crippen LogP contribution in [0, 0.1) is 0 Å². The first-order chi connectivity index (χ1) is 15.4. The third-order valence-electron chi connectivity index (χ3n) is 4.49. The number of benzene rings is 2. The van der Waals surface area contributed by atoms with Gasteiger partial charge < -0.3 is 19.8 Å². The van der Waals surface area contributed by atoms with Crippen LogP contribution in [0.1, 0.15) is 48.2 Å². The van der Waals surface area contributed by atoms with Crippen LogP contribution in [0.5, 0.6) is 11.5 Å². The Labute approximate surface area is 193 Å². The van der Waals surface area contributed by atoms with Gasteiger partial charge in [-0.3, -0.25) is 0 Å². The number of hydrogen-bond donors (Lipinski definition) is 2. The van der Waals surface area contributed by atoms with Gasteiger partial charge >= 0.3 is 5.97 Å². The SMILES string of the molecule is C=CC[C@@H](C)OC(=O)c1c(O)cc(O)c(Cl)c1CC(/C=C/CC)=N\OCc1ccccc1. The highest BCUT2D eigenvalue weighted by Crippen LogP contribution is 2.37. The lowest BCUT2D eigenvalue weighted by molar-refractivity contribution is 0.0344. The highest BCUT2D eigenvalue weighted by atomic mass is 35.5. The molecule has 2 N–H and O–H groups in total. The zero-order chi connectivity index (χ0) is 23.5. The van der Waals surface area contributed by atoms with Crippen LogP contribution in [0.15, 0.2) is 66.4 Å². The number of phenols is 2. The molecule has 0 unspecified atom stereocenters. The molecule has 0 fully saturated rings. The largest absolute Gasteiger partial charge is 0.507 e. The van der Waals surface area contributed by atoms with E-state index < -0.39 is 17.8 Å². The summed E-state index contributed by atoms with van der Waals surface area (Å²) >= 11 is 6.32. The van der Waals surface area contributed by atoms with Crippen molar-refractivity contribution in [3.63, 3.8) is 0 Å². The van der Waals surface area contributed by atoms with Crippen molar-refractivity contribution in [2.24, 2.45) is 5.16 Å². The number of oxime groups is 1. The van der Waals surface area contributed by atoms with Crippen LogP contribution in [0.2, 0.25) is 5.02 Å². The molecule has 0 heterocycles. The van der Waals surface area contributed by atoms with Crippen LogP contribution < -0.4 is 0 Å². The Bertz CT molecular complexity index is 986. The smallest absolute Gasteiger partial charge is 0.342 e. The molecule has 0 saturated carbocycles. The molecule has 0 spiro atoms. The van der Waals surface area contributed by atoms with Gasteiger partial charge in [0.05, 0.1) is 10.7 Å². The average molecular weight is 458 g/mol. The molecule has 6 nitrogen and oxygen atoms in total. The van der Waals surface area contributed by atoms with Gasteiger partial charge in [0.1, 0.15) is 29.8 Å². The number of carbonyl (C=O) groups is 1. The molecular formula is C25H28ClNO5. The van der Waals surface area contributed by atoms with Crippen molar-refractivity contribution in [3.8, 4) is 11.5 Å². The lowest BCUT2D eigenvalue weighted by Gasteiger charge is -2.17. The number of esters is 1. The Morgan fingerprint density at radius 3 is 2.62 bits per heavy atom. The summed E-state index contributed by atoms with van der Waals surface area (Å²) in [6.07, 6.45) is 6.06. The molecule has 0 saturated heterocycles. The molecule has 170 valence electrons. The van der Waals surface area contributed by atoms with Gasteiger partial charge in [-0.25, -0.2) is 4.79 Å². The molecule has 2 aromatic rings. The molecule has 0 aliphatic rings. The van der Waals surface area contributed by atoms with E-state index in [2.05, 4.69) is 11.7 Å². The van der Waals surface area contributed by atoms with Gasteiger partial charge in [-0.2, -0.15) is 0 Å². The maximum absolute atomic E-state index is 12.8. The number of ether oxygens (including phenoxy) is 1. The van der Waals surface area contributed by atoms with Crippen molar-refractivity contribution in [2.75, 3.05) is 0 Å². The second kappa shape index (κ2) is 12.6. The number of aromatic hydroxyl groups is 2. The summed E-state index contributed by atoms with van der Waals surface area (Å²) in [6.45, 7) is 7.57. The van der Waals surface area contributed by atoms with E-state index in [1.807, 2.05) is 43.3 Å². The first-order valence-corrected chi connectivity index (χ1v) is 10.7. The zero-order valence-electron chi connectivity index (χ0n) is 18.3. The molecule has 1 atom stereocenters. The Kier molecular flexibility index (Phi) is 9.82. The van der Waals surface area contributed by atoms with Crippen LogP contribution in [0.4, 0.5) is 0 Å².